The van der Waals surface area contributed by atoms with E-state index in [1.807, 2.05) is 0 Å². The molecule has 0 aromatic heterocycles. The Balaban J connectivity index is 2.16. The summed E-state index contributed by atoms with van der Waals surface area (Å²) < 4.78 is 0. The molecule has 0 aliphatic heterocycles. The zero-order valence-electron chi connectivity index (χ0n) is 11.0. The summed E-state index contributed by atoms with van der Waals surface area (Å²) in [6.45, 7) is 0. The van der Waals surface area contributed by atoms with Gasteiger partial charge in [0.05, 0.1) is 0 Å². The Morgan fingerprint density at radius 3 is 2.58 bits per heavy atom. The molecule has 0 aromatic carbocycles. The zero-order chi connectivity index (χ0) is 14.3. The molecule has 3 amide bonds. The first-order valence-electron chi connectivity index (χ1n) is 6.36. The van der Waals surface area contributed by atoms with Gasteiger partial charge in [0.2, 0.25) is 5.91 Å². The van der Waals surface area contributed by atoms with Crippen molar-refractivity contribution in [2.45, 2.75) is 49.8 Å². The summed E-state index contributed by atoms with van der Waals surface area (Å²) in [5, 5.41) is 14.0. The van der Waals surface area contributed by atoms with Crippen LogP contribution in [0.1, 0.15) is 38.5 Å². The molecule has 0 heterocycles. The molecule has 6 nitrogen and oxygen atoms in total. The highest BCUT2D eigenvalue weighted by molar-refractivity contribution is 7.99. The molecule has 0 radical (unpaired) electrons. The third-order valence-corrected chi connectivity index (χ3v) is 4.20. The predicted molar refractivity (Wildman–Crippen MR) is 73.1 cm³/mol. The van der Waals surface area contributed by atoms with Crippen molar-refractivity contribution in [3.05, 3.63) is 0 Å². The van der Waals surface area contributed by atoms with Crippen LogP contribution >= 0.6 is 11.8 Å². The number of imide groups is 1. The maximum absolute atomic E-state index is 11.5. The maximum atomic E-state index is 11.5. The molecule has 108 valence electrons. The molecule has 1 fully saturated rings. The van der Waals surface area contributed by atoms with Gasteiger partial charge in [-0.15, -0.1) is 0 Å². The van der Waals surface area contributed by atoms with Gasteiger partial charge in [-0.05, 0) is 31.9 Å². The number of carbonyl (C=O) groups is 3. The average Bonchev–Trinajstić information content (AvgIpc) is 2.75. The van der Waals surface area contributed by atoms with E-state index in [2.05, 4.69) is 16.9 Å². The normalized spacial score (nSPS) is 21.9. The Morgan fingerprint density at radius 2 is 2.00 bits per heavy atom. The van der Waals surface area contributed by atoms with E-state index in [4.69, 9.17) is 5.11 Å². The Morgan fingerprint density at radius 1 is 1.26 bits per heavy atom. The van der Waals surface area contributed by atoms with Gasteiger partial charge in [0, 0.05) is 24.1 Å². The number of aliphatic carboxylic acids is 1. The van der Waals surface area contributed by atoms with Gasteiger partial charge < -0.3 is 10.4 Å². The SMILES string of the molecule is CSC1CCC(NC(=O)NC(=O)CCCC(=O)O)C1. The van der Waals surface area contributed by atoms with Crippen molar-refractivity contribution in [3.8, 4) is 0 Å². The van der Waals surface area contributed by atoms with Gasteiger partial charge in [0.1, 0.15) is 0 Å². The van der Waals surface area contributed by atoms with Gasteiger partial charge in [-0.3, -0.25) is 14.9 Å². The molecule has 0 spiro atoms. The van der Waals surface area contributed by atoms with Crippen LogP contribution in [0.25, 0.3) is 0 Å². The lowest BCUT2D eigenvalue weighted by Gasteiger charge is -2.13. The molecule has 3 N–H and O–H groups in total. The van der Waals surface area contributed by atoms with Crippen LogP contribution in [0, 0.1) is 0 Å². The van der Waals surface area contributed by atoms with Crippen molar-refractivity contribution in [3.63, 3.8) is 0 Å². The van der Waals surface area contributed by atoms with E-state index in [0.29, 0.717) is 5.25 Å². The van der Waals surface area contributed by atoms with E-state index in [1.54, 1.807) is 11.8 Å². The van der Waals surface area contributed by atoms with Crippen LogP contribution in [0.15, 0.2) is 0 Å². The first-order valence-corrected chi connectivity index (χ1v) is 7.65. The van der Waals surface area contributed by atoms with Crippen LogP contribution in [0.4, 0.5) is 4.79 Å². The smallest absolute Gasteiger partial charge is 0.321 e. The van der Waals surface area contributed by atoms with Crippen LogP contribution in [0.3, 0.4) is 0 Å². The van der Waals surface area contributed by atoms with Crippen LogP contribution in [-0.4, -0.2) is 40.6 Å². The first kappa shape index (κ1) is 15.8. The van der Waals surface area contributed by atoms with Gasteiger partial charge in [0.25, 0.3) is 0 Å². The summed E-state index contributed by atoms with van der Waals surface area (Å²) in [5.41, 5.74) is 0. The van der Waals surface area contributed by atoms with Crippen molar-refractivity contribution >= 4 is 29.7 Å². The van der Waals surface area contributed by atoms with E-state index in [1.165, 1.54) is 0 Å². The maximum Gasteiger partial charge on any atom is 0.321 e. The average molecular weight is 288 g/mol. The van der Waals surface area contributed by atoms with E-state index in [0.717, 1.165) is 19.3 Å². The lowest BCUT2D eigenvalue weighted by atomic mass is 10.2. The van der Waals surface area contributed by atoms with Crippen LogP contribution in [0.5, 0.6) is 0 Å². The van der Waals surface area contributed by atoms with E-state index in [-0.39, 0.29) is 25.3 Å². The second-order valence-electron chi connectivity index (χ2n) is 4.64. The van der Waals surface area contributed by atoms with Crippen molar-refractivity contribution in [1.82, 2.24) is 10.6 Å². The summed E-state index contributed by atoms with van der Waals surface area (Å²) >= 11 is 1.80. The molecule has 0 aromatic rings. The molecule has 2 atom stereocenters. The first-order chi connectivity index (χ1) is 9.01. The quantitative estimate of drug-likeness (QED) is 0.685. The third-order valence-electron chi connectivity index (χ3n) is 3.10. The van der Waals surface area contributed by atoms with Crippen molar-refractivity contribution in [1.29, 1.82) is 0 Å². The van der Waals surface area contributed by atoms with E-state index < -0.39 is 17.9 Å². The summed E-state index contributed by atoms with van der Waals surface area (Å²) in [7, 11) is 0. The number of nitrogens with one attached hydrogen (secondary N) is 2. The summed E-state index contributed by atoms with van der Waals surface area (Å²) in [5.74, 6) is -1.37. The molecule has 7 heteroatoms. The predicted octanol–water partition coefficient (Wildman–Crippen LogP) is 1.35. The minimum Gasteiger partial charge on any atom is -0.481 e. The number of hydrogen-bond acceptors (Lipinski definition) is 4. The highest BCUT2D eigenvalue weighted by Crippen LogP contribution is 2.27. The standard InChI is InChI=1S/C12H20N2O4S/c1-19-9-6-5-8(7-9)13-12(18)14-10(15)3-2-4-11(16)17/h8-9H,2-7H2,1H3,(H,16,17)(H2,13,14,15,18). The molecule has 0 saturated heterocycles. The van der Waals surface area contributed by atoms with Crippen molar-refractivity contribution in [2.24, 2.45) is 0 Å². The number of amides is 3. The molecule has 1 aliphatic rings. The highest BCUT2D eigenvalue weighted by Gasteiger charge is 2.25. The molecular formula is C12H20N2O4S. The Labute approximate surface area is 116 Å². The summed E-state index contributed by atoms with van der Waals surface area (Å²) in [4.78, 5) is 33.2. The second kappa shape index (κ2) is 8.04. The fraction of sp³-hybridized carbons (Fsp3) is 0.750. The molecule has 1 saturated carbocycles. The minimum atomic E-state index is -0.939. The molecule has 1 rings (SSSR count). The minimum absolute atomic E-state index is 0.0534. The number of carboxylic acid groups (broad SMARTS) is 1. The topological polar surface area (TPSA) is 95.5 Å². The summed E-state index contributed by atoms with van der Waals surface area (Å²) in [6, 6.07) is -0.351. The van der Waals surface area contributed by atoms with Crippen LogP contribution in [-0.2, 0) is 9.59 Å². The lowest BCUT2D eigenvalue weighted by molar-refractivity contribution is -0.137. The molecule has 19 heavy (non-hydrogen) atoms. The Kier molecular flexibility index (Phi) is 6.69. The second-order valence-corrected chi connectivity index (χ2v) is 5.77. The molecule has 0 bridgehead atoms. The van der Waals surface area contributed by atoms with Gasteiger partial charge >= 0.3 is 12.0 Å². The third kappa shape index (κ3) is 6.47. The van der Waals surface area contributed by atoms with Crippen LogP contribution in [0.2, 0.25) is 0 Å². The number of carboxylic acids is 1. The molecule has 2 unspecified atom stereocenters. The fourth-order valence-electron chi connectivity index (χ4n) is 2.10. The number of hydrogen-bond donors (Lipinski definition) is 3. The monoisotopic (exact) mass is 288 g/mol. The van der Waals surface area contributed by atoms with E-state index >= 15 is 0 Å². The summed E-state index contributed by atoms with van der Waals surface area (Å²) in [6.07, 6.45) is 5.24. The van der Waals surface area contributed by atoms with Gasteiger partial charge in [0.15, 0.2) is 0 Å². The fourth-order valence-corrected chi connectivity index (χ4v) is 2.89. The Hall–Kier alpha value is -1.24. The number of urea groups is 1. The largest absolute Gasteiger partial charge is 0.481 e. The van der Waals surface area contributed by atoms with Crippen molar-refractivity contribution < 1.29 is 19.5 Å². The Bertz CT molecular complexity index is 349. The van der Waals surface area contributed by atoms with Gasteiger partial charge in [-0.25, -0.2) is 4.79 Å². The van der Waals surface area contributed by atoms with Gasteiger partial charge in [-0.1, -0.05) is 0 Å². The number of rotatable bonds is 6. The zero-order valence-corrected chi connectivity index (χ0v) is 11.8. The highest BCUT2D eigenvalue weighted by atomic mass is 32.2. The number of thioether (sulfide) groups is 1. The van der Waals surface area contributed by atoms with E-state index in [9.17, 15) is 14.4 Å². The molecule has 1 aliphatic carbocycles. The van der Waals surface area contributed by atoms with Crippen molar-refractivity contribution in [2.75, 3.05) is 6.26 Å². The van der Waals surface area contributed by atoms with Gasteiger partial charge in [-0.2, -0.15) is 11.8 Å². The van der Waals surface area contributed by atoms with Crippen LogP contribution < -0.4 is 10.6 Å². The number of carbonyl (C=O) groups excluding carboxylic acids is 2. The lowest BCUT2D eigenvalue weighted by Crippen LogP contribution is -2.43. The molecular weight excluding hydrogens is 268 g/mol.